The molecule has 5 heteroatoms. The summed E-state index contributed by atoms with van der Waals surface area (Å²) in [6.45, 7) is 5.54. The third-order valence-electron chi connectivity index (χ3n) is 2.60. The fourth-order valence-electron chi connectivity index (χ4n) is 1.65. The van der Waals surface area contributed by atoms with Gasteiger partial charge in [-0.1, -0.05) is 13.8 Å². The Hall–Kier alpha value is -0.130. The summed E-state index contributed by atoms with van der Waals surface area (Å²) in [4.78, 5) is 0. The maximum atomic E-state index is 11.6. The Morgan fingerprint density at radius 2 is 1.79 bits per heavy atom. The predicted molar refractivity (Wildman–Crippen MR) is 59.1 cm³/mol. The number of piperidine rings is 1. The van der Waals surface area contributed by atoms with E-state index in [0.717, 1.165) is 25.9 Å². The van der Waals surface area contributed by atoms with Gasteiger partial charge in [0.15, 0.2) is 0 Å². The van der Waals surface area contributed by atoms with Crippen LogP contribution in [0.25, 0.3) is 0 Å². The first kappa shape index (κ1) is 13.9. The molecule has 0 amide bonds. The molecule has 86 valence electrons. The van der Waals surface area contributed by atoms with Gasteiger partial charge in [-0.3, -0.25) is 0 Å². The van der Waals surface area contributed by atoms with Gasteiger partial charge in [0.1, 0.15) is 0 Å². The summed E-state index contributed by atoms with van der Waals surface area (Å²) in [6.07, 6.45) is 2.75. The minimum atomic E-state index is -2.92. The Kier molecular flexibility index (Phi) is 5.63. The van der Waals surface area contributed by atoms with Crippen molar-refractivity contribution in [3.8, 4) is 0 Å². The number of sulfonamides is 1. The highest BCUT2D eigenvalue weighted by Crippen LogP contribution is 2.18. The molecule has 0 atom stereocenters. The third kappa shape index (κ3) is 3.55. The van der Waals surface area contributed by atoms with Crippen LogP contribution in [-0.2, 0) is 10.0 Å². The van der Waals surface area contributed by atoms with E-state index in [4.69, 9.17) is 0 Å². The van der Waals surface area contributed by atoms with Gasteiger partial charge in [0.25, 0.3) is 0 Å². The highest BCUT2D eigenvalue weighted by Gasteiger charge is 2.25. The molecule has 1 aliphatic rings. The molecule has 1 saturated heterocycles. The first-order valence-electron chi connectivity index (χ1n) is 5.04. The van der Waals surface area contributed by atoms with E-state index < -0.39 is 10.0 Å². The third-order valence-corrected chi connectivity index (χ3v) is 4.67. The van der Waals surface area contributed by atoms with Gasteiger partial charge in [-0.05, 0) is 25.2 Å². The largest absolute Gasteiger partial charge is 0.344 e. The standard InChI is InChI=1S/C9H19NO2S.H3N/c1-3-8-13(11,12)10-6-4-9(2)5-7-10;/h9H,3-8H2,1-2H3;1H3. The molecule has 0 unspecified atom stereocenters. The molecule has 1 aliphatic heterocycles. The van der Waals surface area contributed by atoms with Crippen LogP contribution >= 0.6 is 0 Å². The van der Waals surface area contributed by atoms with E-state index in [9.17, 15) is 8.42 Å². The van der Waals surface area contributed by atoms with E-state index in [1.165, 1.54) is 0 Å². The van der Waals surface area contributed by atoms with Crippen LogP contribution in [0.1, 0.15) is 33.1 Å². The quantitative estimate of drug-likeness (QED) is 0.788. The van der Waals surface area contributed by atoms with E-state index in [-0.39, 0.29) is 6.15 Å². The average Bonchev–Trinajstić information content (AvgIpc) is 2.05. The average molecular weight is 222 g/mol. The van der Waals surface area contributed by atoms with Crippen molar-refractivity contribution < 1.29 is 8.42 Å². The summed E-state index contributed by atoms with van der Waals surface area (Å²) in [5, 5.41) is 0. The van der Waals surface area contributed by atoms with E-state index in [0.29, 0.717) is 18.1 Å². The molecular weight excluding hydrogens is 200 g/mol. The van der Waals surface area contributed by atoms with Crippen LogP contribution in [0, 0.1) is 5.92 Å². The monoisotopic (exact) mass is 222 g/mol. The summed E-state index contributed by atoms with van der Waals surface area (Å²) in [6, 6.07) is 0. The summed E-state index contributed by atoms with van der Waals surface area (Å²) < 4.78 is 24.9. The van der Waals surface area contributed by atoms with E-state index in [1.54, 1.807) is 4.31 Å². The van der Waals surface area contributed by atoms with Crippen molar-refractivity contribution in [1.29, 1.82) is 0 Å². The van der Waals surface area contributed by atoms with Crippen molar-refractivity contribution in [3.05, 3.63) is 0 Å². The number of hydrogen-bond donors (Lipinski definition) is 1. The second-order valence-electron chi connectivity index (χ2n) is 3.90. The zero-order chi connectivity index (χ0) is 9.90. The number of rotatable bonds is 3. The molecule has 0 radical (unpaired) electrons. The molecule has 0 aromatic carbocycles. The van der Waals surface area contributed by atoms with Crippen molar-refractivity contribution >= 4 is 10.0 Å². The lowest BCUT2D eigenvalue weighted by molar-refractivity contribution is 0.288. The molecule has 1 fully saturated rings. The zero-order valence-corrected chi connectivity index (χ0v) is 10.0. The summed E-state index contributed by atoms with van der Waals surface area (Å²) >= 11 is 0. The Morgan fingerprint density at radius 3 is 2.21 bits per heavy atom. The van der Waals surface area contributed by atoms with Gasteiger partial charge >= 0.3 is 0 Å². The minimum absolute atomic E-state index is 0. The highest BCUT2D eigenvalue weighted by molar-refractivity contribution is 7.89. The minimum Gasteiger partial charge on any atom is -0.344 e. The maximum Gasteiger partial charge on any atom is 0.214 e. The van der Waals surface area contributed by atoms with Gasteiger partial charge < -0.3 is 6.15 Å². The number of hydrogen-bond acceptors (Lipinski definition) is 3. The molecule has 3 N–H and O–H groups in total. The smallest absolute Gasteiger partial charge is 0.214 e. The van der Waals surface area contributed by atoms with Gasteiger partial charge in [-0.25, -0.2) is 12.7 Å². The van der Waals surface area contributed by atoms with Gasteiger partial charge in [-0.2, -0.15) is 0 Å². The summed E-state index contributed by atoms with van der Waals surface area (Å²) in [5.74, 6) is 0.995. The molecule has 4 nitrogen and oxygen atoms in total. The lowest BCUT2D eigenvalue weighted by Crippen LogP contribution is -2.39. The van der Waals surface area contributed by atoms with Crippen molar-refractivity contribution in [1.82, 2.24) is 10.5 Å². The van der Waals surface area contributed by atoms with E-state index >= 15 is 0 Å². The molecule has 0 saturated carbocycles. The van der Waals surface area contributed by atoms with Gasteiger partial charge in [-0.15, -0.1) is 0 Å². The Morgan fingerprint density at radius 1 is 1.29 bits per heavy atom. The molecule has 14 heavy (non-hydrogen) atoms. The molecular formula is C9H22N2O2S. The second-order valence-corrected chi connectivity index (χ2v) is 5.99. The normalized spacial score (nSPS) is 20.4. The molecule has 1 rings (SSSR count). The molecule has 1 heterocycles. The maximum absolute atomic E-state index is 11.6. The molecule has 0 aromatic heterocycles. The van der Waals surface area contributed by atoms with Crippen LogP contribution in [0.5, 0.6) is 0 Å². The van der Waals surface area contributed by atoms with Crippen LogP contribution < -0.4 is 6.15 Å². The van der Waals surface area contributed by atoms with Crippen LogP contribution in [0.4, 0.5) is 0 Å². The molecule has 0 spiro atoms. The van der Waals surface area contributed by atoms with Crippen molar-refractivity contribution in [3.63, 3.8) is 0 Å². The number of nitrogens with zero attached hydrogens (tertiary/aromatic N) is 1. The van der Waals surface area contributed by atoms with Crippen LogP contribution in [0.15, 0.2) is 0 Å². The molecule has 0 aromatic rings. The first-order valence-corrected chi connectivity index (χ1v) is 6.65. The SMILES string of the molecule is CCCS(=O)(=O)N1CCC(C)CC1.N. The Labute approximate surface area is 87.3 Å². The van der Waals surface area contributed by atoms with Crippen molar-refractivity contribution in [2.75, 3.05) is 18.8 Å². The topological polar surface area (TPSA) is 72.4 Å². The van der Waals surface area contributed by atoms with Crippen LogP contribution in [0.2, 0.25) is 0 Å². The summed E-state index contributed by atoms with van der Waals surface area (Å²) in [7, 11) is -2.92. The molecule has 0 bridgehead atoms. The van der Waals surface area contributed by atoms with Gasteiger partial charge in [0.05, 0.1) is 5.75 Å². The Bertz CT molecular complexity index is 244. The van der Waals surface area contributed by atoms with Gasteiger partial charge in [0, 0.05) is 13.1 Å². The molecule has 0 aliphatic carbocycles. The Balaban J connectivity index is 0.00000169. The van der Waals surface area contributed by atoms with E-state index in [1.807, 2.05) is 6.92 Å². The zero-order valence-electron chi connectivity index (χ0n) is 9.20. The lowest BCUT2D eigenvalue weighted by atomic mass is 10.0. The fraction of sp³-hybridized carbons (Fsp3) is 1.00. The van der Waals surface area contributed by atoms with Crippen molar-refractivity contribution in [2.45, 2.75) is 33.1 Å². The fourth-order valence-corrected chi connectivity index (χ4v) is 3.19. The lowest BCUT2D eigenvalue weighted by Gasteiger charge is -2.29. The van der Waals surface area contributed by atoms with Crippen LogP contribution in [0.3, 0.4) is 0 Å². The predicted octanol–water partition coefficient (Wildman–Crippen LogP) is 1.62. The van der Waals surface area contributed by atoms with Gasteiger partial charge in [0.2, 0.25) is 10.0 Å². The highest BCUT2D eigenvalue weighted by atomic mass is 32.2. The summed E-state index contributed by atoms with van der Waals surface area (Å²) in [5.41, 5.74) is 0. The van der Waals surface area contributed by atoms with E-state index in [2.05, 4.69) is 6.92 Å². The first-order chi connectivity index (χ1) is 6.06. The second kappa shape index (κ2) is 5.68. The van der Waals surface area contributed by atoms with Crippen LogP contribution in [-0.4, -0.2) is 31.6 Å². The van der Waals surface area contributed by atoms with Crippen molar-refractivity contribution in [2.24, 2.45) is 5.92 Å².